The molecule has 2 aromatic rings. The number of aliphatic hydroxyl groups is 1. The van der Waals surface area contributed by atoms with Gasteiger partial charge in [0.2, 0.25) is 5.91 Å². The zero-order valence-electron chi connectivity index (χ0n) is 26.9. The number of anilines is 1. The molecule has 0 aromatic heterocycles. The first-order valence-electron chi connectivity index (χ1n) is 15.8. The molecule has 5 nitrogen and oxygen atoms in total. The number of piperidine rings is 1. The second-order valence-corrected chi connectivity index (χ2v) is 12.8. The first-order valence-corrected chi connectivity index (χ1v) is 15.8. The Morgan fingerprint density at radius 3 is 2.34 bits per heavy atom. The summed E-state index contributed by atoms with van der Waals surface area (Å²) in [6.07, 6.45) is -5.66. The van der Waals surface area contributed by atoms with E-state index in [0.29, 0.717) is 49.1 Å². The number of likely N-dealkylation sites (tertiary alicyclic amines) is 2. The van der Waals surface area contributed by atoms with Gasteiger partial charge in [-0.15, -0.1) is 0 Å². The van der Waals surface area contributed by atoms with E-state index in [1.807, 2.05) is 13.8 Å². The van der Waals surface area contributed by atoms with E-state index in [2.05, 4.69) is 5.32 Å². The molecule has 2 N–H and O–H groups in total. The van der Waals surface area contributed by atoms with Crippen LogP contribution >= 0.6 is 0 Å². The smallest absolute Gasteiger partial charge is 0.374 e. The predicted molar refractivity (Wildman–Crippen MR) is 167 cm³/mol. The zero-order chi connectivity index (χ0) is 34.7. The van der Waals surface area contributed by atoms with Crippen LogP contribution in [0.5, 0.6) is 0 Å². The van der Waals surface area contributed by atoms with Gasteiger partial charge in [-0.3, -0.25) is 14.6 Å². The monoisotopic (exact) mass is 669 g/mol. The highest BCUT2D eigenvalue weighted by molar-refractivity contribution is 5.93. The lowest BCUT2D eigenvalue weighted by molar-refractivity contribution is -0.174. The summed E-state index contributed by atoms with van der Waals surface area (Å²) < 4.78 is 96.0. The van der Waals surface area contributed by atoms with Gasteiger partial charge in [0.05, 0.1) is 11.5 Å². The number of hydrogen-bond donors (Lipinski definition) is 2. The third-order valence-electron chi connectivity index (χ3n) is 9.07. The fourth-order valence-corrected chi connectivity index (χ4v) is 6.77. The maximum atomic E-state index is 15.1. The Bertz CT molecular complexity index is 1450. The molecule has 47 heavy (non-hydrogen) atoms. The van der Waals surface area contributed by atoms with Crippen LogP contribution in [0.4, 0.5) is 36.4 Å². The molecule has 2 fully saturated rings. The molecule has 2 aromatic carbocycles. The molecule has 2 aliphatic heterocycles. The number of amides is 1. The van der Waals surface area contributed by atoms with Gasteiger partial charge < -0.3 is 10.4 Å². The van der Waals surface area contributed by atoms with Crippen LogP contribution in [0.3, 0.4) is 0 Å². The van der Waals surface area contributed by atoms with E-state index in [9.17, 15) is 36.2 Å². The highest BCUT2D eigenvalue weighted by atomic mass is 19.4. The molecule has 0 spiro atoms. The Morgan fingerprint density at radius 2 is 1.70 bits per heavy atom. The topological polar surface area (TPSA) is 55.8 Å². The van der Waals surface area contributed by atoms with Gasteiger partial charge >= 0.3 is 12.4 Å². The number of nitrogens with one attached hydrogen (secondary N) is 1. The SMILES string of the molecule is C/C(=C\C=C(/C(C)C)[C@H]1C(C(=O)Nc2cccc(C(F)(F)F)c2)CCCN1C(O)c1c(C)cccc1F)CN1CCCC1C(F)(F)F. The molecule has 258 valence electrons. The molecule has 4 rings (SSSR count). The van der Waals surface area contributed by atoms with Crippen molar-refractivity contribution in [3.8, 4) is 0 Å². The maximum Gasteiger partial charge on any atom is 0.416 e. The lowest BCUT2D eigenvalue weighted by atomic mass is 9.79. The number of carbonyl (C=O) groups is 1. The normalized spacial score (nSPS) is 23.0. The van der Waals surface area contributed by atoms with Crippen LogP contribution < -0.4 is 5.32 Å². The molecule has 0 bridgehead atoms. The van der Waals surface area contributed by atoms with Crippen molar-refractivity contribution < 1.29 is 40.6 Å². The van der Waals surface area contributed by atoms with Gasteiger partial charge in [-0.05, 0) is 87.4 Å². The van der Waals surface area contributed by atoms with Gasteiger partial charge in [-0.2, -0.15) is 26.3 Å². The Balaban J connectivity index is 1.73. The zero-order valence-corrected chi connectivity index (χ0v) is 26.9. The van der Waals surface area contributed by atoms with E-state index >= 15 is 4.39 Å². The Morgan fingerprint density at radius 1 is 1.02 bits per heavy atom. The summed E-state index contributed by atoms with van der Waals surface area (Å²) in [6.45, 7) is 7.86. The fourth-order valence-electron chi connectivity index (χ4n) is 6.77. The summed E-state index contributed by atoms with van der Waals surface area (Å²) in [6, 6.07) is 6.42. The van der Waals surface area contributed by atoms with E-state index in [4.69, 9.17) is 0 Å². The predicted octanol–water partition coefficient (Wildman–Crippen LogP) is 8.42. The average Bonchev–Trinajstić information content (AvgIpc) is 3.45. The minimum atomic E-state index is -4.61. The maximum absolute atomic E-state index is 15.1. The highest BCUT2D eigenvalue weighted by Gasteiger charge is 2.46. The van der Waals surface area contributed by atoms with Crippen molar-refractivity contribution in [1.29, 1.82) is 0 Å². The number of nitrogens with zero attached hydrogens (tertiary/aromatic N) is 2. The number of carbonyl (C=O) groups excluding carboxylic acids is 1. The number of halogens is 7. The summed E-state index contributed by atoms with van der Waals surface area (Å²) in [5.74, 6) is -2.26. The van der Waals surface area contributed by atoms with Crippen LogP contribution in [0.15, 0.2) is 65.8 Å². The van der Waals surface area contributed by atoms with E-state index in [1.54, 1.807) is 37.0 Å². The lowest BCUT2D eigenvalue weighted by Gasteiger charge is -2.45. The number of alkyl halides is 6. The molecule has 12 heteroatoms. The summed E-state index contributed by atoms with van der Waals surface area (Å²) in [5.41, 5.74) is 0.937. The molecular formula is C35H42F7N3O2. The first-order chi connectivity index (χ1) is 22.0. The van der Waals surface area contributed by atoms with Crippen molar-refractivity contribution in [3.05, 3.63) is 88.3 Å². The third-order valence-corrected chi connectivity index (χ3v) is 9.07. The van der Waals surface area contributed by atoms with E-state index in [0.717, 1.165) is 12.1 Å². The molecule has 2 saturated heterocycles. The molecule has 2 aliphatic rings. The first kappa shape index (κ1) is 36.6. The van der Waals surface area contributed by atoms with Gasteiger partial charge in [0.25, 0.3) is 0 Å². The van der Waals surface area contributed by atoms with E-state index in [1.165, 1.54) is 29.2 Å². The quantitative estimate of drug-likeness (QED) is 0.208. The molecule has 4 atom stereocenters. The van der Waals surface area contributed by atoms with Crippen molar-refractivity contribution in [1.82, 2.24) is 9.80 Å². The minimum absolute atomic E-state index is 0.0386. The molecular weight excluding hydrogens is 627 g/mol. The Labute approximate surface area is 271 Å². The molecule has 0 aliphatic carbocycles. The number of hydrogen-bond acceptors (Lipinski definition) is 4. The van der Waals surface area contributed by atoms with Crippen molar-refractivity contribution in [2.24, 2.45) is 11.8 Å². The van der Waals surface area contributed by atoms with Gasteiger partial charge in [0.1, 0.15) is 18.1 Å². The number of benzene rings is 2. The third kappa shape index (κ3) is 8.83. The second kappa shape index (κ2) is 14.9. The second-order valence-electron chi connectivity index (χ2n) is 12.8. The van der Waals surface area contributed by atoms with Crippen LogP contribution in [-0.2, 0) is 11.0 Å². The average molecular weight is 670 g/mol. The molecule has 0 radical (unpaired) electrons. The van der Waals surface area contributed by atoms with Gasteiger partial charge in [0.15, 0.2) is 0 Å². The fraction of sp³-hybridized carbons (Fsp3) is 0.514. The summed E-state index contributed by atoms with van der Waals surface area (Å²) >= 11 is 0. The van der Waals surface area contributed by atoms with Gasteiger partial charge in [-0.1, -0.05) is 49.8 Å². The van der Waals surface area contributed by atoms with E-state index in [-0.39, 0.29) is 30.1 Å². The Kier molecular flexibility index (Phi) is 11.6. The Hall–Kier alpha value is -3.22. The van der Waals surface area contributed by atoms with Gasteiger partial charge in [-0.25, -0.2) is 4.39 Å². The van der Waals surface area contributed by atoms with Crippen molar-refractivity contribution >= 4 is 11.6 Å². The largest absolute Gasteiger partial charge is 0.416 e. The molecule has 1 amide bonds. The van der Waals surface area contributed by atoms with Crippen LogP contribution in [-0.4, -0.2) is 58.7 Å². The van der Waals surface area contributed by atoms with Crippen LogP contribution in [0.25, 0.3) is 0 Å². The lowest BCUT2D eigenvalue weighted by Crippen LogP contribution is -2.52. The van der Waals surface area contributed by atoms with Crippen LogP contribution in [0.1, 0.15) is 69.4 Å². The molecule has 2 heterocycles. The number of aliphatic hydroxyl groups excluding tert-OH is 1. The number of allylic oxidation sites excluding steroid dienone is 2. The van der Waals surface area contributed by atoms with Crippen molar-refractivity contribution in [2.45, 2.75) is 84.0 Å². The van der Waals surface area contributed by atoms with Crippen LogP contribution in [0.2, 0.25) is 0 Å². The highest BCUT2D eigenvalue weighted by Crippen LogP contribution is 2.39. The van der Waals surface area contributed by atoms with Crippen molar-refractivity contribution in [2.75, 3.05) is 25.0 Å². The minimum Gasteiger partial charge on any atom is -0.374 e. The standard InChI is InChI=1S/C35H42F7N3O2/c1-21(2)26(16-15-22(3)20-44-17-8-14-29(44)35(40,41)42)31-27(32(46)43-25-11-6-10-24(19-25)34(37,38)39)12-7-18-45(31)33(47)30-23(4)9-5-13-28(30)36/h5-6,9-11,13,15-16,19,21,27,29,31,33,47H,7-8,12,14,17-18,20H2,1-4H3,(H,43,46)/b22-15+,26-16+/t27?,29?,31-,33?/m0/s1. The molecule has 0 saturated carbocycles. The number of rotatable bonds is 9. The van der Waals surface area contributed by atoms with Crippen molar-refractivity contribution in [3.63, 3.8) is 0 Å². The summed E-state index contributed by atoms with van der Waals surface area (Å²) in [5, 5.41) is 14.3. The molecule has 3 unspecified atom stereocenters. The summed E-state index contributed by atoms with van der Waals surface area (Å²) in [4.78, 5) is 16.9. The van der Waals surface area contributed by atoms with Crippen LogP contribution in [0, 0.1) is 24.6 Å². The van der Waals surface area contributed by atoms with E-state index < -0.39 is 53.9 Å². The van der Waals surface area contributed by atoms with Gasteiger partial charge in [0, 0.05) is 30.4 Å². The summed E-state index contributed by atoms with van der Waals surface area (Å²) in [7, 11) is 0. The number of aryl methyl sites for hydroxylation is 1.